The van der Waals surface area contributed by atoms with Crippen molar-refractivity contribution in [3.63, 3.8) is 0 Å². The third kappa shape index (κ3) is 4.32. The molecule has 0 bridgehead atoms. The van der Waals surface area contributed by atoms with Crippen molar-refractivity contribution in [1.29, 1.82) is 0 Å². The van der Waals surface area contributed by atoms with Crippen LogP contribution < -0.4 is 0 Å². The first-order chi connectivity index (χ1) is 13.1. The van der Waals surface area contributed by atoms with Gasteiger partial charge in [0.1, 0.15) is 17.2 Å². The standard InChI is InChI=1S/C21H25FN4O/c1-3-5-13-25(21(27)16-8-6-9-17(22)14-16)15-19-24-18-10-7-11-23-20(18)26(19)12-4-2/h6-11,14H,3-5,12-13,15H2,1-2H3. The van der Waals surface area contributed by atoms with Gasteiger partial charge < -0.3 is 9.47 Å². The smallest absolute Gasteiger partial charge is 0.254 e. The van der Waals surface area contributed by atoms with Crippen LogP contribution in [0.4, 0.5) is 4.39 Å². The van der Waals surface area contributed by atoms with E-state index in [4.69, 9.17) is 4.98 Å². The fraction of sp³-hybridized carbons (Fsp3) is 0.381. The van der Waals surface area contributed by atoms with Gasteiger partial charge in [-0.05, 0) is 43.2 Å². The summed E-state index contributed by atoms with van der Waals surface area (Å²) in [5, 5.41) is 0. The molecular formula is C21H25FN4O. The van der Waals surface area contributed by atoms with Crippen molar-refractivity contribution in [2.24, 2.45) is 0 Å². The maximum Gasteiger partial charge on any atom is 0.254 e. The van der Waals surface area contributed by atoms with Crippen LogP contribution in [0.3, 0.4) is 0 Å². The monoisotopic (exact) mass is 368 g/mol. The molecule has 0 aliphatic rings. The molecule has 3 rings (SSSR count). The van der Waals surface area contributed by atoms with Gasteiger partial charge in [-0.2, -0.15) is 0 Å². The van der Waals surface area contributed by atoms with Gasteiger partial charge in [-0.3, -0.25) is 4.79 Å². The Bertz CT molecular complexity index is 921. The van der Waals surface area contributed by atoms with Crippen LogP contribution in [-0.4, -0.2) is 31.9 Å². The van der Waals surface area contributed by atoms with Gasteiger partial charge in [-0.25, -0.2) is 14.4 Å². The predicted molar refractivity (Wildman–Crippen MR) is 104 cm³/mol. The molecule has 0 saturated heterocycles. The first-order valence-corrected chi connectivity index (χ1v) is 9.49. The van der Waals surface area contributed by atoms with E-state index in [-0.39, 0.29) is 5.91 Å². The summed E-state index contributed by atoms with van der Waals surface area (Å²) >= 11 is 0. The molecule has 0 radical (unpaired) electrons. The zero-order valence-electron chi connectivity index (χ0n) is 15.9. The Labute approximate surface area is 158 Å². The summed E-state index contributed by atoms with van der Waals surface area (Å²) in [4.78, 5) is 23.9. The summed E-state index contributed by atoms with van der Waals surface area (Å²) in [7, 11) is 0. The second-order valence-corrected chi connectivity index (χ2v) is 6.62. The highest BCUT2D eigenvalue weighted by atomic mass is 19.1. The summed E-state index contributed by atoms with van der Waals surface area (Å²) in [6.45, 7) is 5.96. The zero-order chi connectivity index (χ0) is 19.2. The molecule has 0 unspecified atom stereocenters. The number of hydrogen-bond acceptors (Lipinski definition) is 3. The van der Waals surface area contributed by atoms with Gasteiger partial charge in [0.05, 0.1) is 6.54 Å². The van der Waals surface area contributed by atoms with E-state index >= 15 is 0 Å². The Morgan fingerprint density at radius 1 is 1.19 bits per heavy atom. The number of nitrogens with zero attached hydrogens (tertiary/aromatic N) is 4. The average molecular weight is 368 g/mol. The molecule has 0 atom stereocenters. The second-order valence-electron chi connectivity index (χ2n) is 6.62. The van der Waals surface area contributed by atoms with Crippen molar-refractivity contribution in [1.82, 2.24) is 19.4 Å². The molecule has 2 aromatic heterocycles. The first-order valence-electron chi connectivity index (χ1n) is 9.49. The molecule has 5 nitrogen and oxygen atoms in total. The van der Waals surface area contributed by atoms with E-state index in [1.54, 1.807) is 23.2 Å². The normalized spacial score (nSPS) is 11.1. The fourth-order valence-corrected chi connectivity index (χ4v) is 3.16. The minimum atomic E-state index is -0.404. The molecule has 142 valence electrons. The highest BCUT2D eigenvalue weighted by Crippen LogP contribution is 2.18. The van der Waals surface area contributed by atoms with Crippen LogP contribution in [0.2, 0.25) is 0 Å². The van der Waals surface area contributed by atoms with Gasteiger partial charge >= 0.3 is 0 Å². The van der Waals surface area contributed by atoms with Crippen LogP contribution in [0.5, 0.6) is 0 Å². The molecule has 1 amide bonds. The van der Waals surface area contributed by atoms with Crippen LogP contribution in [0, 0.1) is 5.82 Å². The third-order valence-electron chi connectivity index (χ3n) is 4.50. The van der Waals surface area contributed by atoms with E-state index in [1.165, 1.54) is 12.1 Å². The molecular weight excluding hydrogens is 343 g/mol. The van der Waals surface area contributed by atoms with Gasteiger partial charge in [0.15, 0.2) is 5.65 Å². The number of aryl methyl sites for hydroxylation is 1. The van der Waals surface area contributed by atoms with Crippen LogP contribution in [0.15, 0.2) is 42.6 Å². The lowest BCUT2D eigenvalue weighted by atomic mass is 10.2. The third-order valence-corrected chi connectivity index (χ3v) is 4.50. The number of carbonyl (C=O) groups is 1. The minimum absolute atomic E-state index is 0.175. The molecule has 0 aliphatic heterocycles. The summed E-state index contributed by atoms with van der Waals surface area (Å²) in [5.74, 6) is 0.233. The fourth-order valence-electron chi connectivity index (χ4n) is 3.16. The Morgan fingerprint density at radius 2 is 2.04 bits per heavy atom. The van der Waals surface area contributed by atoms with Gasteiger partial charge in [0, 0.05) is 24.8 Å². The number of aromatic nitrogens is 3. The molecule has 0 saturated carbocycles. The lowest BCUT2D eigenvalue weighted by molar-refractivity contribution is 0.0734. The summed E-state index contributed by atoms with van der Waals surface area (Å²) in [6, 6.07) is 9.65. The highest BCUT2D eigenvalue weighted by Gasteiger charge is 2.20. The van der Waals surface area contributed by atoms with E-state index in [2.05, 4.69) is 23.4 Å². The van der Waals surface area contributed by atoms with Gasteiger partial charge in [-0.1, -0.05) is 26.3 Å². The minimum Gasteiger partial charge on any atom is -0.331 e. The Hall–Kier alpha value is -2.76. The molecule has 2 heterocycles. The maximum absolute atomic E-state index is 13.6. The predicted octanol–water partition coefficient (Wildman–Crippen LogP) is 4.42. The molecule has 0 N–H and O–H groups in total. The number of pyridine rings is 1. The molecule has 0 fully saturated rings. The number of amides is 1. The number of benzene rings is 1. The highest BCUT2D eigenvalue weighted by molar-refractivity contribution is 5.94. The van der Waals surface area contributed by atoms with E-state index in [0.717, 1.165) is 42.8 Å². The van der Waals surface area contributed by atoms with Crippen LogP contribution >= 0.6 is 0 Å². The number of carbonyl (C=O) groups excluding carboxylic acids is 1. The first kappa shape index (κ1) is 19.0. The summed E-state index contributed by atoms with van der Waals surface area (Å²) in [5.41, 5.74) is 2.03. The lowest BCUT2D eigenvalue weighted by Crippen LogP contribution is -2.32. The van der Waals surface area contributed by atoms with Crippen LogP contribution in [-0.2, 0) is 13.1 Å². The van der Waals surface area contributed by atoms with Gasteiger partial charge in [0.2, 0.25) is 0 Å². The van der Waals surface area contributed by atoms with Crippen molar-refractivity contribution >= 4 is 17.1 Å². The molecule has 6 heteroatoms. The van der Waals surface area contributed by atoms with Crippen molar-refractivity contribution < 1.29 is 9.18 Å². The topological polar surface area (TPSA) is 51.0 Å². The van der Waals surface area contributed by atoms with Crippen molar-refractivity contribution in [2.45, 2.75) is 46.2 Å². The Kier molecular flexibility index (Phi) is 6.16. The van der Waals surface area contributed by atoms with Gasteiger partial charge in [0.25, 0.3) is 5.91 Å². The number of rotatable bonds is 8. The summed E-state index contributed by atoms with van der Waals surface area (Å²) in [6.07, 6.45) is 4.56. The average Bonchev–Trinajstić information content (AvgIpc) is 3.02. The SMILES string of the molecule is CCCCN(Cc1nc2cccnc2n1CCC)C(=O)c1cccc(F)c1. The lowest BCUT2D eigenvalue weighted by Gasteiger charge is -2.23. The molecule has 0 aliphatic carbocycles. The maximum atomic E-state index is 13.6. The quantitative estimate of drug-likeness (QED) is 0.591. The van der Waals surface area contributed by atoms with Gasteiger partial charge in [-0.15, -0.1) is 0 Å². The number of fused-ring (bicyclic) bond motifs is 1. The van der Waals surface area contributed by atoms with Crippen LogP contribution in [0.1, 0.15) is 49.3 Å². The Morgan fingerprint density at radius 3 is 2.78 bits per heavy atom. The largest absolute Gasteiger partial charge is 0.331 e. The van der Waals surface area contributed by atoms with Crippen molar-refractivity contribution in [2.75, 3.05) is 6.54 Å². The van der Waals surface area contributed by atoms with Crippen LogP contribution in [0.25, 0.3) is 11.2 Å². The van der Waals surface area contributed by atoms with E-state index in [0.29, 0.717) is 18.7 Å². The molecule has 1 aromatic carbocycles. The van der Waals surface area contributed by atoms with E-state index in [1.807, 2.05) is 12.1 Å². The molecule has 3 aromatic rings. The van der Waals surface area contributed by atoms with Crippen molar-refractivity contribution in [3.8, 4) is 0 Å². The van der Waals surface area contributed by atoms with Crippen molar-refractivity contribution in [3.05, 3.63) is 59.8 Å². The number of hydrogen-bond donors (Lipinski definition) is 0. The second kappa shape index (κ2) is 8.75. The number of halogens is 1. The van der Waals surface area contributed by atoms with E-state index in [9.17, 15) is 9.18 Å². The molecule has 0 spiro atoms. The number of unbranched alkanes of at least 4 members (excludes halogenated alkanes) is 1. The zero-order valence-corrected chi connectivity index (χ0v) is 15.9. The Balaban J connectivity index is 1.93. The number of imidazole rings is 1. The summed E-state index contributed by atoms with van der Waals surface area (Å²) < 4.78 is 15.7. The molecule has 27 heavy (non-hydrogen) atoms. The van der Waals surface area contributed by atoms with E-state index < -0.39 is 5.82 Å².